The van der Waals surface area contributed by atoms with Crippen LogP contribution in [0.3, 0.4) is 0 Å². The van der Waals surface area contributed by atoms with Gasteiger partial charge in [-0.15, -0.1) is 0 Å². The summed E-state index contributed by atoms with van der Waals surface area (Å²) in [6, 6.07) is 6.49. The van der Waals surface area contributed by atoms with Crippen molar-refractivity contribution in [2.45, 2.75) is 57.4 Å². The van der Waals surface area contributed by atoms with Crippen molar-refractivity contribution >= 4 is 0 Å². The molecule has 2 heteroatoms. The average molecular weight is 259 g/mol. The van der Waals surface area contributed by atoms with Crippen molar-refractivity contribution in [3.8, 4) is 5.75 Å². The normalized spacial score (nSPS) is 24.1. The molecule has 2 nitrogen and oxygen atoms in total. The second-order valence-corrected chi connectivity index (χ2v) is 6.31. The van der Waals surface area contributed by atoms with E-state index in [0.29, 0.717) is 11.8 Å². The Labute approximate surface area is 116 Å². The van der Waals surface area contributed by atoms with Gasteiger partial charge in [0.2, 0.25) is 0 Å². The molecule has 0 aromatic heterocycles. The van der Waals surface area contributed by atoms with Crippen LogP contribution < -0.4 is 5.32 Å². The largest absolute Gasteiger partial charge is 0.508 e. The molecule has 0 amide bonds. The lowest BCUT2D eigenvalue weighted by molar-refractivity contribution is 0.319. The summed E-state index contributed by atoms with van der Waals surface area (Å²) in [7, 11) is 0. The van der Waals surface area contributed by atoms with E-state index in [1.54, 1.807) is 0 Å². The molecule has 104 valence electrons. The van der Waals surface area contributed by atoms with Crippen LogP contribution in [-0.2, 0) is 12.8 Å². The van der Waals surface area contributed by atoms with Gasteiger partial charge in [-0.2, -0.15) is 0 Å². The molecular formula is C17H25NO. The van der Waals surface area contributed by atoms with Crippen LogP contribution in [0.1, 0.15) is 49.7 Å². The Balaban J connectivity index is 1.52. The number of phenols is 1. The molecule has 1 fully saturated rings. The van der Waals surface area contributed by atoms with Crippen LogP contribution in [0.2, 0.25) is 0 Å². The van der Waals surface area contributed by atoms with Gasteiger partial charge in [0.15, 0.2) is 0 Å². The van der Waals surface area contributed by atoms with Gasteiger partial charge in [-0.3, -0.25) is 0 Å². The number of phenolic OH excluding ortho intramolecular Hbond substituents is 1. The first-order valence-corrected chi connectivity index (χ1v) is 7.85. The van der Waals surface area contributed by atoms with Crippen LogP contribution >= 0.6 is 0 Å². The van der Waals surface area contributed by atoms with Crippen molar-refractivity contribution in [3.63, 3.8) is 0 Å². The Bertz CT molecular complexity index is 423. The van der Waals surface area contributed by atoms with Crippen molar-refractivity contribution in [1.82, 2.24) is 5.32 Å². The third kappa shape index (κ3) is 3.30. The number of nitrogens with one attached hydrogen (secondary N) is 1. The van der Waals surface area contributed by atoms with Gasteiger partial charge in [0.25, 0.3) is 0 Å². The van der Waals surface area contributed by atoms with Crippen LogP contribution in [-0.4, -0.2) is 17.7 Å². The number of rotatable bonds is 3. The molecule has 1 atom stereocenters. The van der Waals surface area contributed by atoms with Crippen molar-refractivity contribution in [2.24, 2.45) is 5.92 Å². The first kappa shape index (κ1) is 13.0. The van der Waals surface area contributed by atoms with Crippen LogP contribution in [0, 0.1) is 5.92 Å². The molecule has 0 spiro atoms. The average Bonchev–Trinajstić information content (AvgIpc) is 2.46. The number of aryl methyl sites for hydroxylation is 1. The van der Waals surface area contributed by atoms with E-state index in [0.717, 1.165) is 18.8 Å². The summed E-state index contributed by atoms with van der Waals surface area (Å²) in [5.74, 6) is 1.32. The molecule has 1 aromatic rings. The number of hydrogen-bond acceptors (Lipinski definition) is 2. The first-order chi connectivity index (χ1) is 9.31. The summed E-state index contributed by atoms with van der Waals surface area (Å²) < 4.78 is 0. The fraction of sp³-hybridized carbons (Fsp3) is 0.647. The van der Waals surface area contributed by atoms with E-state index in [9.17, 15) is 5.11 Å². The first-order valence-electron chi connectivity index (χ1n) is 7.85. The van der Waals surface area contributed by atoms with Gasteiger partial charge in [-0.05, 0) is 67.8 Å². The van der Waals surface area contributed by atoms with E-state index in [-0.39, 0.29) is 0 Å². The Morgan fingerprint density at radius 1 is 1.05 bits per heavy atom. The zero-order valence-electron chi connectivity index (χ0n) is 11.7. The maximum Gasteiger partial charge on any atom is 0.115 e. The predicted octanol–water partition coefficient (Wildman–Crippen LogP) is 3.42. The maximum absolute atomic E-state index is 9.51. The second kappa shape index (κ2) is 5.96. The third-order valence-electron chi connectivity index (χ3n) is 4.84. The topological polar surface area (TPSA) is 32.3 Å². The van der Waals surface area contributed by atoms with Crippen LogP contribution in [0.15, 0.2) is 18.2 Å². The summed E-state index contributed by atoms with van der Waals surface area (Å²) in [6.45, 7) is 1.21. The lowest BCUT2D eigenvalue weighted by Crippen LogP contribution is -2.38. The van der Waals surface area contributed by atoms with Crippen LogP contribution in [0.5, 0.6) is 5.75 Å². The highest BCUT2D eigenvalue weighted by Gasteiger charge is 2.20. The van der Waals surface area contributed by atoms with Gasteiger partial charge in [0, 0.05) is 6.04 Å². The van der Waals surface area contributed by atoms with Gasteiger partial charge in [-0.1, -0.05) is 25.3 Å². The van der Waals surface area contributed by atoms with Crippen LogP contribution in [0.4, 0.5) is 0 Å². The molecule has 2 aliphatic carbocycles. The Morgan fingerprint density at radius 2 is 1.89 bits per heavy atom. The molecule has 1 unspecified atom stereocenters. The molecular weight excluding hydrogens is 234 g/mol. The van der Waals surface area contributed by atoms with E-state index in [2.05, 4.69) is 11.4 Å². The minimum absolute atomic E-state index is 0.410. The molecule has 0 saturated heterocycles. The van der Waals surface area contributed by atoms with E-state index >= 15 is 0 Å². The smallest absolute Gasteiger partial charge is 0.115 e. The maximum atomic E-state index is 9.51. The van der Waals surface area contributed by atoms with Gasteiger partial charge < -0.3 is 10.4 Å². The van der Waals surface area contributed by atoms with Crippen molar-refractivity contribution in [3.05, 3.63) is 29.3 Å². The summed E-state index contributed by atoms with van der Waals surface area (Å²) >= 11 is 0. The van der Waals surface area contributed by atoms with Gasteiger partial charge in [-0.25, -0.2) is 0 Å². The number of hydrogen-bond donors (Lipinski definition) is 2. The molecule has 19 heavy (non-hydrogen) atoms. The van der Waals surface area contributed by atoms with E-state index in [1.165, 1.54) is 56.2 Å². The zero-order chi connectivity index (χ0) is 13.1. The third-order valence-corrected chi connectivity index (χ3v) is 4.84. The standard InChI is InChI=1S/C17H25NO/c19-17-9-7-14-10-16(8-6-15(14)11-17)18-12-13-4-2-1-3-5-13/h7,9,11,13,16,18-19H,1-6,8,10,12H2. The summed E-state index contributed by atoms with van der Waals surface area (Å²) in [6.07, 6.45) is 10.6. The van der Waals surface area contributed by atoms with Crippen LogP contribution in [0.25, 0.3) is 0 Å². The summed E-state index contributed by atoms with van der Waals surface area (Å²) in [5, 5.41) is 13.3. The molecule has 0 radical (unpaired) electrons. The number of benzene rings is 1. The van der Waals surface area contributed by atoms with E-state index in [1.807, 2.05) is 12.1 Å². The molecule has 1 saturated carbocycles. The molecule has 3 rings (SSSR count). The minimum atomic E-state index is 0.410. The molecule has 2 aliphatic rings. The highest BCUT2D eigenvalue weighted by Crippen LogP contribution is 2.26. The fourth-order valence-corrected chi connectivity index (χ4v) is 3.64. The van der Waals surface area contributed by atoms with Crippen molar-refractivity contribution < 1.29 is 5.11 Å². The minimum Gasteiger partial charge on any atom is -0.508 e. The molecule has 0 heterocycles. The van der Waals surface area contributed by atoms with Gasteiger partial charge >= 0.3 is 0 Å². The molecule has 1 aromatic carbocycles. The molecule has 2 N–H and O–H groups in total. The monoisotopic (exact) mass is 259 g/mol. The van der Waals surface area contributed by atoms with E-state index in [4.69, 9.17) is 0 Å². The molecule has 0 bridgehead atoms. The predicted molar refractivity (Wildman–Crippen MR) is 78.5 cm³/mol. The highest BCUT2D eigenvalue weighted by molar-refractivity contribution is 5.37. The van der Waals surface area contributed by atoms with Crippen molar-refractivity contribution in [1.29, 1.82) is 0 Å². The van der Waals surface area contributed by atoms with Crippen molar-refractivity contribution in [2.75, 3.05) is 6.54 Å². The lowest BCUT2D eigenvalue weighted by Gasteiger charge is -2.29. The van der Waals surface area contributed by atoms with Gasteiger partial charge in [0.1, 0.15) is 5.75 Å². The molecule has 0 aliphatic heterocycles. The summed E-state index contributed by atoms with van der Waals surface area (Å²) in [4.78, 5) is 0. The SMILES string of the molecule is Oc1ccc2c(c1)CCC(NCC1CCCCC1)C2. The fourth-order valence-electron chi connectivity index (χ4n) is 3.64. The zero-order valence-corrected chi connectivity index (χ0v) is 11.7. The quantitative estimate of drug-likeness (QED) is 0.871. The summed E-state index contributed by atoms with van der Waals surface area (Å²) in [5.41, 5.74) is 2.76. The Morgan fingerprint density at radius 3 is 2.74 bits per heavy atom. The number of fused-ring (bicyclic) bond motifs is 1. The Kier molecular flexibility index (Phi) is 4.07. The second-order valence-electron chi connectivity index (χ2n) is 6.31. The Hall–Kier alpha value is -1.02. The highest BCUT2D eigenvalue weighted by atomic mass is 16.3. The van der Waals surface area contributed by atoms with E-state index < -0.39 is 0 Å². The van der Waals surface area contributed by atoms with Gasteiger partial charge in [0.05, 0.1) is 0 Å². The lowest BCUT2D eigenvalue weighted by atomic mass is 9.86. The number of aromatic hydroxyl groups is 1.